The first-order valence-corrected chi connectivity index (χ1v) is 23.5. The molecule has 3 N–H and O–H groups in total. The van der Waals surface area contributed by atoms with Gasteiger partial charge in [0, 0.05) is 67.9 Å². The highest BCUT2D eigenvalue weighted by Gasteiger charge is 2.25. The number of hydrogen-bond donors (Lipinski definition) is 2. The minimum atomic E-state index is -1.18. The fraction of sp³-hybridized carbons (Fsp3) is 0.214. The van der Waals surface area contributed by atoms with Gasteiger partial charge < -0.3 is 19.3 Å². The number of hydrogen-bond acceptors (Lipinski definition) is 13. The molecule has 6 aromatic heterocycles. The Hall–Kier alpha value is -6.33. The number of nitrogens with two attached hydrogens (primary N) is 1. The maximum atomic E-state index is 11.8. The number of carbonyl (C=O) groups excluding carboxylic acids is 1. The Kier molecular flexibility index (Phi) is 13.0. The lowest BCUT2D eigenvalue weighted by atomic mass is 10.1. The lowest BCUT2D eigenvalue weighted by Crippen LogP contribution is -2.22. The van der Waals surface area contributed by atoms with Crippen molar-refractivity contribution in [2.45, 2.75) is 52.2 Å². The lowest BCUT2D eigenvalue weighted by molar-refractivity contribution is -0.118. The van der Waals surface area contributed by atoms with E-state index in [0.717, 1.165) is 6.04 Å². The van der Waals surface area contributed by atoms with Crippen molar-refractivity contribution in [1.82, 2.24) is 49.9 Å². The molecule has 0 aliphatic heterocycles. The zero-order valence-electron chi connectivity index (χ0n) is 33.3. The second-order valence-electron chi connectivity index (χ2n) is 14.7. The van der Waals surface area contributed by atoms with E-state index in [1.165, 1.54) is 6.33 Å². The van der Waals surface area contributed by atoms with Crippen LogP contribution in [-0.4, -0.2) is 70.3 Å². The van der Waals surface area contributed by atoms with Crippen LogP contribution < -0.4 is 5.73 Å². The number of ketones is 1. The van der Waals surface area contributed by atoms with Gasteiger partial charge in [-0.2, -0.15) is 5.10 Å². The molecule has 8 rings (SSSR count). The van der Waals surface area contributed by atoms with Crippen molar-refractivity contribution in [3.63, 3.8) is 0 Å². The maximum absolute atomic E-state index is 11.8. The average Bonchev–Trinajstić information content (AvgIpc) is 4.07. The van der Waals surface area contributed by atoms with Gasteiger partial charge in [-0.15, -0.1) is 10.2 Å². The van der Waals surface area contributed by atoms with Gasteiger partial charge in [0.2, 0.25) is 11.8 Å². The predicted molar refractivity (Wildman–Crippen MR) is 232 cm³/mol. The van der Waals surface area contributed by atoms with Crippen LogP contribution in [0.25, 0.3) is 68.6 Å². The summed E-state index contributed by atoms with van der Waals surface area (Å²) in [5, 5.41) is 16.2. The van der Waals surface area contributed by atoms with Gasteiger partial charge in [0.1, 0.15) is 31.0 Å². The van der Waals surface area contributed by atoms with E-state index in [-0.39, 0.29) is 12.2 Å². The fourth-order valence-electron chi connectivity index (χ4n) is 5.86. The first kappa shape index (κ1) is 41.8. The SMILES string of the molecule is CCC(=O)Cc1cc(-c2nc(-c3ncn[nH]3)c(-c3ccccc3Cl)o2)ccn1.C[Si](C)(C)CCOCn1cnnc1-c1nc(-c2ccnc(N)c2)oc1-c1ccccc1Cl. The summed E-state index contributed by atoms with van der Waals surface area (Å²) >= 11 is 12.8. The van der Waals surface area contributed by atoms with Crippen LogP contribution in [0, 0.1) is 0 Å². The van der Waals surface area contributed by atoms with Gasteiger partial charge in [-0.1, -0.05) is 74.0 Å². The summed E-state index contributed by atoms with van der Waals surface area (Å²) in [4.78, 5) is 33.6. The molecule has 0 saturated carbocycles. The molecular weight excluding hydrogens is 822 g/mol. The zero-order valence-corrected chi connectivity index (χ0v) is 35.8. The molecule has 60 heavy (non-hydrogen) atoms. The Balaban J connectivity index is 0.000000183. The molecule has 0 amide bonds. The summed E-state index contributed by atoms with van der Waals surface area (Å²) < 4.78 is 20.0. The van der Waals surface area contributed by atoms with Crippen LogP contribution in [-0.2, 0) is 22.7 Å². The first-order chi connectivity index (χ1) is 29.0. The summed E-state index contributed by atoms with van der Waals surface area (Å²) in [5.74, 6) is 3.26. The fourth-order valence-corrected chi connectivity index (χ4v) is 7.06. The van der Waals surface area contributed by atoms with Crippen molar-refractivity contribution in [1.29, 1.82) is 0 Å². The number of nitrogen functional groups attached to an aromatic ring is 1. The Bertz CT molecular complexity index is 2710. The molecule has 0 fully saturated rings. The van der Waals surface area contributed by atoms with Crippen molar-refractivity contribution < 1.29 is 18.4 Å². The standard InChI is InChI=1S/C22H25ClN6O2Si.C20H16ClN5O2/c1-32(2,3)11-10-30-14-29-13-26-28-21(29)19-20(16-6-4-5-7-17(16)23)31-22(27-19)15-8-9-25-18(24)12-15;1-2-14(27)10-13-9-12(7-8-22-13)20-25-17(19-23-11-24-26-19)18(28-20)15-5-3-4-6-16(15)21/h4-9,12-13H,10-11,14H2,1-3H3,(H2,24,25);3-9,11H,2,10H2,1H3,(H,23,24,26). The molecular formula is C42H41Cl2N11O4Si. The van der Waals surface area contributed by atoms with Gasteiger partial charge in [0.25, 0.3) is 0 Å². The van der Waals surface area contributed by atoms with Gasteiger partial charge in [-0.25, -0.2) is 19.9 Å². The smallest absolute Gasteiger partial charge is 0.227 e. The Labute approximate surface area is 356 Å². The van der Waals surface area contributed by atoms with E-state index >= 15 is 0 Å². The monoisotopic (exact) mass is 861 g/mol. The van der Waals surface area contributed by atoms with E-state index < -0.39 is 8.07 Å². The Morgan fingerprint density at radius 3 is 2.10 bits per heavy atom. The molecule has 2 aromatic carbocycles. The van der Waals surface area contributed by atoms with E-state index in [2.05, 4.69) is 60.0 Å². The van der Waals surface area contributed by atoms with Crippen LogP contribution in [0.5, 0.6) is 0 Å². The average molecular weight is 863 g/mol. The quantitative estimate of drug-likeness (QED) is 0.0773. The number of pyridine rings is 2. The van der Waals surface area contributed by atoms with Crippen molar-refractivity contribution in [2.75, 3.05) is 12.3 Å². The number of aromatic amines is 1. The van der Waals surface area contributed by atoms with Crippen LogP contribution in [0.2, 0.25) is 35.7 Å². The van der Waals surface area contributed by atoms with E-state index in [0.29, 0.717) is 110 Å². The number of H-pyrrole nitrogens is 1. The van der Waals surface area contributed by atoms with Gasteiger partial charge in [0.15, 0.2) is 34.6 Å². The van der Waals surface area contributed by atoms with Crippen LogP contribution in [0.4, 0.5) is 5.82 Å². The molecule has 0 atom stereocenters. The third-order valence-corrected chi connectivity index (χ3v) is 11.4. The molecule has 18 heteroatoms. The highest BCUT2D eigenvalue weighted by Crippen LogP contribution is 2.39. The number of Topliss-reactive ketones (excluding diaryl/α,β-unsaturated/α-hetero) is 1. The number of oxazole rings is 2. The van der Waals surface area contributed by atoms with Crippen molar-refractivity contribution in [3.8, 4) is 68.6 Å². The molecule has 0 bridgehead atoms. The van der Waals surface area contributed by atoms with Crippen molar-refractivity contribution in [3.05, 3.63) is 114 Å². The molecule has 0 aliphatic rings. The molecule has 0 unspecified atom stereocenters. The van der Waals surface area contributed by atoms with E-state index in [4.69, 9.17) is 47.5 Å². The highest BCUT2D eigenvalue weighted by atomic mass is 35.5. The van der Waals surface area contributed by atoms with E-state index in [1.54, 1.807) is 55.1 Å². The molecule has 0 aliphatic carbocycles. The summed E-state index contributed by atoms with van der Waals surface area (Å²) in [6.07, 6.45) is 7.02. The summed E-state index contributed by atoms with van der Waals surface area (Å²) in [6.45, 7) is 9.79. The molecule has 8 aromatic rings. The molecule has 0 saturated heterocycles. The lowest BCUT2D eigenvalue weighted by Gasteiger charge is -2.15. The van der Waals surface area contributed by atoms with Gasteiger partial charge >= 0.3 is 0 Å². The van der Waals surface area contributed by atoms with E-state index in [9.17, 15) is 4.79 Å². The molecule has 15 nitrogen and oxygen atoms in total. The number of aromatic nitrogens is 10. The Morgan fingerprint density at radius 2 is 1.48 bits per heavy atom. The van der Waals surface area contributed by atoms with Gasteiger partial charge in [-0.05, 0) is 54.6 Å². The predicted octanol–water partition coefficient (Wildman–Crippen LogP) is 9.57. The second kappa shape index (κ2) is 18.7. The van der Waals surface area contributed by atoms with Crippen molar-refractivity contribution >= 4 is 42.9 Å². The molecule has 306 valence electrons. The number of anilines is 1. The molecule has 0 radical (unpaired) electrons. The minimum absolute atomic E-state index is 0.121. The first-order valence-electron chi connectivity index (χ1n) is 19.0. The van der Waals surface area contributed by atoms with Crippen LogP contribution in [0.1, 0.15) is 19.0 Å². The number of nitrogens with zero attached hydrogens (tertiary/aromatic N) is 9. The van der Waals surface area contributed by atoms with Crippen molar-refractivity contribution in [2.24, 2.45) is 0 Å². The molecule has 6 heterocycles. The largest absolute Gasteiger partial charge is 0.435 e. The summed E-state index contributed by atoms with van der Waals surface area (Å²) in [6, 6.07) is 22.9. The number of nitrogens with one attached hydrogen (secondary N) is 1. The van der Waals surface area contributed by atoms with Crippen LogP contribution in [0.3, 0.4) is 0 Å². The normalized spacial score (nSPS) is 11.4. The van der Waals surface area contributed by atoms with E-state index in [1.807, 2.05) is 47.9 Å². The number of carbonyl (C=O) groups is 1. The zero-order chi connectivity index (χ0) is 42.2. The van der Waals surface area contributed by atoms with Gasteiger partial charge in [-0.3, -0.25) is 19.4 Å². The summed E-state index contributed by atoms with van der Waals surface area (Å²) in [5.41, 5.74) is 10.4. The van der Waals surface area contributed by atoms with Gasteiger partial charge in [0.05, 0.1) is 10.0 Å². The van der Waals surface area contributed by atoms with Crippen LogP contribution in [0.15, 0.2) is 107 Å². The van der Waals surface area contributed by atoms with Crippen LogP contribution >= 0.6 is 23.2 Å². The minimum Gasteiger partial charge on any atom is -0.435 e. The highest BCUT2D eigenvalue weighted by molar-refractivity contribution is 6.76. The second-order valence-corrected chi connectivity index (χ2v) is 21.2. The number of rotatable bonds is 14. The molecule has 0 spiro atoms. The summed E-state index contributed by atoms with van der Waals surface area (Å²) in [7, 11) is -1.18. The number of ether oxygens (including phenoxy) is 1. The maximum Gasteiger partial charge on any atom is 0.227 e. The Morgan fingerprint density at radius 1 is 0.850 bits per heavy atom. The third-order valence-electron chi connectivity index (χ3n) is 9.05. The number of halogens is 2. The third kappa shape index (κ3) is 10.1. The topological polar surface area (TPSA) is 202 Å². The number of benzene rings is 2.